The van der Waals surface area contributed by atoms with Crippen LogP contribution in [0.3, 0.4) is 0 Å². The Kier molecular flexibility index (Phi) is 4.68. The SMILES string of the molecule is CC(C)(C)C(=O)NCCC(=O)N1CCc2ccc([N+](=O)[O-])cc21. The first-order chi connectivity index (χ1) is 10.7. The maximum Gasteiger partial charge on any atom is 0.271 e. The van der Waals surface area contributed by atoms with Crippen LogP contribution in [0.2, 0.25) is 0 Å². The fourth-order valence-electron chi connectivity index (χ4n) is 2.42. The summed E-state index contributed by atoms with van der Waals surface area (Å²) in [5.41, 5.74) is 1.02. The van der Waals surface area contributed by atoms with Crippen molar-refractivity contribution in [3.63, 3.8) is 0 Å². The number of carbonyl (C=O) groups is 2. The summed E-state index contributed by atoms with van der Waals surface area (Å²) >= 11 is 0. The van der Waals surface area contributed by atoms with Crippen molar-refractivity contribution in [3.05, 3.63) is 33.9 Å². The first-order valence-electron chi connectivity index (χ1n) is 7.56. The number of fused-ring (bicyclic) bond motifs is 1. The largest absolute Gasteiger partial charge is 0.355 e. The van der Waals surface area contributed by atoms with Crippen LogP contribution in [-0.2, 0) is 16.0 Å². The molecule has 2 rings (SSSR count). The molecule has 7 nitrogen and oxygen atoms in total. The predicted octanol–water partition coefficient (Wildman–Crippen LogP) is 2.04. The van der Waals surface area contributed by atoms with Gasteiger partial charge in [-0.25, -0.2) is 0 Å². The van der Waals surface area contributed by atoms with E-state index in [9.17, 15) is 19.7 Å². The smallest absolute Gasteiger partial charge is 0.271 e. The van der Waals surface area contributed by atoms with Gasteiger partial charge in [0.1, 0.15) is 0 Å². The van der Waals surface area contributed by atoms with Crippen molar-refractivity contribution >= 4 is 23.2 Å². The topological polar surface area (TPSA) is 92.6 Å². The fourth-order valence-corrected chi connectivity index (χ4v) is 2.42. The molecular formula is C16H21N3O4. The van der Waals surface area contributed by atoms with Crippen molar-refractivity contribution in [2.75, 3.05) is 18.0 Å². The third-order valence-corrected chi connectivity index (χ3v) is 3.78. The summed E-state index contributed by atoms with van der Waals surface area (Å²) in [4.78, 5) is 36.1. The number of nitro benzene ring substituents is 1. The standard InChI is InChI=1S/C16H21N3O4/c1-16(2,3)15(21)17-8-6-14(20)18-9-7-11-4-5-12(19(22)23)10-13(11)18/h4-5,10H,6-9H2,1-3H3,(H,17,21). The second-order valence-corrected chi connectivity index (χ2v) is 6.62. The minimum Gasteiger partial charge on any atom is -0.355 e. The molecular weight excluding hydrogens is 298 g/mol. The maximum absolute atomic E-state index is 12.3. The average molecular weight is 319 g/mol. The van der Waals surface area contributed by atoms with Crippen LogP contribution in [0.1, 0.15) is 32.8 Å². The Morgan fingerprint density at radius 3 is 2.65 bits per heavy atom. The van der Waals surface area contributed by atoms with Gasteiger partial charge in [-0.15, -0.1) is 0 Å². The number of benzene rings is 1. The Morgan fingerprint density at radius 2 is 2.04 bits per heavy atom. The van der Waals surface area contributed by atoms with Gasteiger partial charge in [0.2, 0.25) is 11.8 Å². The van der Waals surface area contributed by atoms with E-state index < -0.39 is 10.3 Å². The maximum atomic E-state index is 12.3. The van der Waals surface area contributed by atoms with Gasteiger partial charge in [0.05, 0.1) is 10.6 Å². The van der Waals surface area contributed by atoms with Gasteiger partial charge in [-0.1, -0.05) is 26.8 Å². The number of anilines is 1. The number of nitro groups is 1. The Morgan fingerprint density at radius 1 is 1.35 bits per heavy atom. The molecule has 0 bridgehead atoms. The van der Waals surface area contributed by atoms with Crippen LogP contribution in [-0.4, -0.2) is 29.8 Å². The zero-order chi connectivity index (χ0) is 17.2. The number of non-ortho nitro benzene ring substituents is 1. The van der Waals surface area contributed by atoms with Gasteiger partial charge in [-0.2, -0.15) is 0 Å². The molecule has 0 spiro atoms. The van der Waals surface area contributed by atoms with Gasteiger partial charge in [-0.05, 0) is 12.0 Å². The Bertz CT molecular complexity index is 649. The van der Waals surface area contributed by atoms with Gasteiger partial charge in [0, 0.05) is 37.1 Å². The van der Waals surface area contributed by atoms with E-state index in [1.165, 1.54) is 12.1 Å². The number of hydrogen-bond donors (Lipinski definition) is 1. The molecule has 23 heavy (non-hydrogen) atoms. The van der Waals surface area contributed by atoms with Crippen LogP contribution in [0, 0.1) is 15.5 Å². The molecule has 0 radical (unpaired) electrons. The highest BCUT2D eigenvalue weighted by Crippen LogP contribution is 2.31. The molecule has 1 aliphatic rings. The highest BCUT2D eigenvalue weighted by Gasteiger charge is 2.27. The minimum atomic E-state index is -0.496. The molecule has 0 saturated heterocycles. The van der Waals surface area contributed by atoms with Gasteiger partial charge in [-0.3, -0.25) is 19.7 Å². The summed E-state index contributed by atoms with van der Waals surface area (Å²) in [6.45, 7) is 6.19. The van der Waals surface area contributed by atoms with Crippen LogP contribution in [0.15, 0.2) is 18.2 Å². The molecule has 0 fully saturated rings. The molecule has 1 aromatic carbocycles. The summed E-state index contributed by atoms with van der Waals surface area (Å²) in [6.07, 6.45) is 0.859. The van der Waals surface area contributed by atoms with Crippen molar-refractivity contribution in [2.24, 2.45) is 5.41 Å². The lowest BCUT2D eigenvalue weighted by molar-refractivity contribution is -0.384. The lowest BCUT2D eigenvalue weighted by Crippen LogP contribution is -2.38. The van der Waals surface area contributed by atoms with Crippen LogP contribution < -0.4 is 10.2 Å². The lowest BCUT2D eigenvalue weighted by atomic mass is 9.96. The normalized spacial score (nSPS) is 13.6. The van der Waals surface area contributed by atoms with Gasteiger partial charge in [0.25, 0.3) is 5.69 Å². The van der Waals surface area contributed by atoms with Crippen LogP contribution in [0.5, 0.6) is 0 Å². The van der Waals surface area contributed by atoms with E-state index in [1.807, 2.05) is 0 Å². The average Bonchev–Trinajstić information content (AvgIpc) is 2.88. The summed E-state index contributed by atoms with van der Waals surface area (Å²) < 4.78 is 0. The van der Waals surface area contributed by atoms with Crippen molar-refractivity contribution in [1.82, 2.24) is 5.32 Å². The monoisotopic (exact) mass is 319 g/mol. The molecule has 1 aromatic rings. The van der Waals surface area contributed by atoms with E-state index in [1.54, 1.807) is 31.7 Å². The molecule has 1 heterocycles. The number of nitrogens with zero attached hydrogens (tertiary/aromatic N) is 2. The molecule has 1 N–H and O–H groups in total. The second-order valence-electron chi connectivity index (χ2n) is 6.62. The van der Waals surface area contributed by atoms with Crippen LogP contribution in [0.25, 0.3) is 0 Å². The molecule has 0 saturated carbocycles. The Balaban J connectivity index is 1.99. The van der Waals surface area contributed by atoms with E-state index in [0.717, 1.165) is 5.56 Å². The quantitative estimate of drug-likeness (QED) is 0.679. The van der Waals surface area contributed by atoms with Gasteiger partial charge in [0.15, 0.2) is 0 Å². The fraction of sp³-hybridized carbons (Fsp3) is 0.500. The third-order valence-electron chi connectivity index (χ3n) is 3.78. The van der Waals surface area contributed by atoms with E-state index >= 15 is 0 Å². The zero-order valence-electron chi connectivity index (χ0n) is 13.6. The molecule has 0 atom stereocenters. The first-order valence-corrected chi connectivity index (χ1v) is 7.56. The van der Waals surface area contributed by atoms with E-state index in [-0.39, 0.29) is 30.5 Å². The van der Waals surface area contributed by atoms with E-state index in [2.05, 4.69) is 5.32 Å². The zero-order valence-corrected chi connectivity index (χ0v) is 13.6. The van der Waals surface area contributed by atoms with Crippen molar-refractivity contribution in [2.45, 2.75) is 33.6 Å². The van der Waals surface area contributed by atoms with Crippen molar-refractivity contribution in [3.8, 4) is 0 Å². The van der Waals surface area contributed by atoms with Crippen molar-refractivity contribution < 1.29 is 14.5 Å². The molecule has 1 aliphatic heterocycles. The Labute approximate surface area is 134 Å². The van der Waals surface area contributed by atoms with E-state index in [0.29, 0.717) is 18.7 Å². The lowest BCUT2D eigenvalue weighted by Gasteiger charge is -2.20. The number of hydrogen-bond acceptors (Lipinski definition) is 4. The molecule has 7 heteroatoms. The highest BCUT2D eigenvalue weighted by atomic mass is 16.6. The molecule has 124 valence electrons. The Hall–Kier alpha value is -2.44. The highest BCUT2D eigenvalue weighted by molar-refractivity contribution is 5.96. The predicted molar refractivity (Wildman–Crippen MR) is 86.2 cm³/mol. The number of carbonyl (C=O) groups excluding carboxylic acids is 2. The summed E-state index contributed by atoms with van der Waals surface area (Å²) in [5, 5.41) is 13.6. The molecule has 2 amide bonds. The van der Waals surface area contributed by atoms with Crippen LogP contribution >= 0.6 is 0 Å². The van der Waals surface area contributed by atoms with Crippen LogP contribution in [0.4, 0.5) is 11.4 Å². The number of rotatable bonds is 4. The van der Waals surface area contributed by atoms with Gasteiger partial charge >= 0.3 is 0 Å². The number of nitrogens with one attached hydrogen (secondary N) is 1. The summed E-state index contributed by atoms with van der Waals surface area (Å²) in [7, 11) is 0. The van der Waals surface area contributed by atoms with Gasteiger partial charge < -0.3 is 10.2 Å². The summed E-state index contributed by atoms with van der Waals surface area (Å²) in [5.74, 6) is -0.249. The van der Waals surface area contributed by atoms with Crippen molar-refractivity contribution in [1.29, 1.82) is 0 Å². The molecule has 0 aliphatic carbocycles. The first kappa shape index (κ1) is 16.9. The second kappa shape index (κ2) is 6.36. The van der Waals surface area contributed by atoms with E-state index in [4.69, 9.17) is 0 Å². The summed E-state index contributed by atoms with van der Waals surface area (Å²) in [6, 6.07) is 4.59. The molecule has 0 unspecified atom stereocenters. The molecule has 0 aromatic heterocycles. The number of amides is 2. The minimum absolute atomic E-state index is 0.0236. The third kappa shape index (κ3) is 3.85.